The first-order valence-electron chi connectivity index (χ1n) is 24.4. The molecule has 0 N–H and O–H groups in total. The monoisotopic (exact) mass is 845 g/mol. The fourth-order valence-corrected chi connectivity index (χ4v) is 6.13. The molecule has 0 amide bonds. The van der Waals surface area contributed by atoms with Crippen LogP contribution in [0.3, 0.4) is 0 Å². The summed E-state index contributed by atoms with van der Waals surface area (Å²) in [5, 5.41) is 0. The van der Waals surface area contributed by atoms with Crippen LogP contribution in [-0.2, 0) is 28.6 Å². The zero-order chi connectivity index (χ0) is 44.4. The molecule has 0 aliphatic rings. The minimum Gasteiger partial charge on any atom is -0.462 e. The Morgan fingerprint density at radius 2 is 0.656 bits per heavy atom. The number of rotatable bonds is 42. The Kier molecular flexibility index (Phi) is 45.6. The molecule has 0 saturated carbocycles. The Hall–Kier alpha value is -3.93. The lowest BCUT2D eigenvalue weighted by Gasteiger charge is -2.18. The van der Waals surface area contributed by atoms with Gasteiger partial charge in [-0.05, 0) is 116 Å². The molecule has 344 valence electrons. The van der Waals surface area contributed by atoms with Gasteiger partial charge in [0.2, 0.25) is 0 Å². The van der Waals surface area contributed by atoms with Gasteiger partial charge in [-0.2, -0.15) is 0 Å². The Bertz CT molecular complexity index is 1290. The Labute approximate surface area is 374 Å². The van der Waals surface area contributed by atoms with E-state index in [4.69, 9.17) is 14.2 Å². The third kappa shape index (κ3) is 47.0. The van der Waals surface area contributed by atoms with Crippen molar-refractivity contribution in [3.8, 4) is 0 Å². The smallest absolute Gasteiger partial charge is 0.306 e. The molecular formula is C55H88O6. The van der Waals surface area contributed by atoms with Crippen molar-refractivity contribution >= 4 is 17.9 Å². The lowest BCUT2D eigenvalue weighted by atomic mass is 10.1. The summed E-state index contributed by atoms with van der Waals surface area (Å²) in [5.41, 5.74) is 0. The van der Waals surface area contributed by atoms with Crippen LogP contribution in [0.25, 0.3) is 0 Å². The van der Waals surface area contributed by atoms with E-state index in [1.807, 2.05) is 0 Å². The van der Waals surface area contributed by atoms with Gasteiger partial charge in [0.1, 0.15) is 13.2 Å². The Morgan fingerprint density at radius 3 is 1.07 bits per heavy atom. The van der Waals surface area contributed by atoms with Crippen molar-refractivity contribution < 1.29 is 28.6 Å². The summed E-state index contributed by atoms with van der Waals surface area (Å²) in [4.78, 5) is 37.9. The summed E-state index contributed by atoms with van der Waals surface area (Å²) < 4.78 is 16.7. The second-order valence-corrected chi connectivity index (χ2v) is 15.6. The molecule has 0 rings (SSSR count). The highest BCUT2D eigenvalue weighted by molar-refractivity contribution is 5.71. The third-order valence-corrected chi connectivity index (χ3v) is 9.74. The van der Waals surface area contributed by atoms with Crippen LogP contribution in [0.4, 0.5) is 0 Å². The molecule has 0 radical (unpaired) electrons. The second-order valence-electron chi connectivity index (χ2n) is 15.6. The lowest BCUT2D eigenvalue weighted by molar-refractivity contribution is -0.167. The molecule has 0 aliphatic heterocycles. The standard InChI is InChI=1S/C55H88O6/c1-4-7-10-13-16-19-22-25-27-28-29-31-33-36-39-42-45-48-54(57)60-51-52(50-59-53(56)47-44-41-38-35-32-24-21-18-15-12-9-6-3)61-55(58)49-46-43-40-37-34-30-26-23-20-17-14-11-8-5-2/h8-9,11-12,16-21,25-27,29-31,36,39,52H,4-7,10,13-15,22-24,28,32-35,37-38,40-51H2,1-3H3/b11-8-,12-9-,19-16-,20-17-,21-18-,27-25-,30-26-,31-29-,39-36-. The zero-order valence-corrected chi connectivity index (χ0v) is 39.1. The number of carbonyl (C=O) groups excluding carboxylic acids is 3. The van der Waals surface area contributed by atoms with Gasteiger partial charge in [-0.15, -0.1) is 0 Å². The highest BCUT2D eigenvalue weighted by Crippen LogP contribution is 2.12. The van der Waals surface area contributed by atoms with Crippen molar-refractivity contribution in [2.24, 2.45) is 0 Å². The number of unbranched alkanes of at least 4 members (excludes halogenated alkanes) is 13. The van der Waals surface area contributed by atoms with Gasteiger partial charge in [-0.3, -0.25) is 14.4 Å². The molecule has 0 fully saturated rings. The number of hydrogen-bond acceptors (Lipinski definition) is 6. The van der Waals surface area contributed by atoms with Crippen LogP contribution < -0.4 is 0 Å². The molecule has 0 spiro atoms. The average molecular weight is 845 g/mol. The summed E-state index contributed by atoms with van der Waals surface area (Å²) in [6.45, 7) is 6.28. The van der Waals surface area contributed by atoms with Crippen LogP contribution in [0.5, 0.6) is 0 Å². The van der Waals surface area contributed by atoms with Crippen molar-refractivity contribution in [2.45, 2.75) is 207 Å². The Morgan fingerprint density at radius 1 is 0.344 bits per heavy atom. The molecule has 61 heavy (non-hydrogen) atoms. The number of ether oxygens (including phenoxy) is 3. The van der Waals surface area contributed by atoms with E-state index in [0.29, 0.717) is 12.8 Å². The number of hydrogen-bond donors (Lipinski definition) is 0. The normalized spacial score (nSPS) is 13.0. The highest BCUT2D eigenvalue weighted by Gasteiger charge is 2.19. The predicted octanol–water partition coefficient (Wildman–Crippen LogP) is 16.0. The van der Waals surface area contributed by atoms with Gasteiger partial charge in [0, 0.05) is 19.3 Å². The fraction of sp³-hybridized carbons (Fsp3) is 0.618. The SMILES string of the molecule is CC/C=C\C/C=C\C/C=C\CCCCCCC(=O)OC(COC(=O)CCC/C=C\C/C=C\C/C=C\C/C=C\CCCCC)COC(=O)CCCCCCC/C=C\C/C=C\CC. The van der Waals surface area contributed by atoms with E-state index in [1.165, 1.54) is 25.7 Å². The van der Waals surface area contributed by atoms with Gasteiger partial charge in [0.25, 0.3) is 0 Å². The van der Waals surface area contributed by atoms with Crippen LogP contribution in [0, 0.1) is 0 Å². The zero-order valence-electron chi connectivity index (χ0n) is 39.1. The molecule has 0 heterocycles. The van der Waals surface area contributed by atoms with Crippen molar-refractivity contribution in [1.29, 1.82) is 0 Å². The maximum absolute atomic E-state index is 12.8. The minimum absolute atomic E-state index is 0.114. The van der Waals surface area contributed by atoms with Gasteiger partial charge in [-0.25, -0.2) is 0 Å². The van der Waals surface area contributed by atoms with Crippen LogP contribution in [-0.4, -0.2) is 37.2 Å². The van der Waals surface area contributed by atoms with Gasteiger partial charge < -0.3 is 14.2 Å². The predicted molar refractivity (Wildman–Crippen MR) is 260 cm³/mol. The van der Waals surface area contributed by atoms with Gasteiger partial charge in [0.15, 0.2) is 6.10 Å². The number of allylic oxidation sites excluding steroid dienone is 18. The van der Waals surface area contributed by atoms with Crippen molar-refractivity contribution in [3.63, 3.8) is 0 Å². The quantitative estimate of drug-likeness (QED) is 0.0264. The first-order chi connectivity index (χ1) is 30.0. The van der Waals surface area contributed by atoms with E-state index in [-0.39, 0.29) is 44.0 Å². The van der Waals surface area contributed by atoms with E-state index in [9.17, 15) is 14.4 Å². The van der Waals surface area contributed by atoms with Crippen molar-refractivity contribution in [2.75, 3.05) is 13.2 Å². The maximum atomic E-state index is 12.8. The Balaban J connectivity index is 4.54. The molecule has 6 heteroatoms. The molecule has 1 unspecified atom stereocenters. The average Bonchev–Trinajstić information content (AvgIpc) is 3.26. The molecule has 0 aromatic rings. The molecule has 0 bridgehead atoms. The van der Waals surface area contributed by atoms with Gasteiger partial charge >= 0.3 is 17.9 Å². The highest BCUT2D eigenvalue weighted by atomic mass is 16.6. The summed E-state index contributed by atoms with van der Waals surface area (Å²) in [7, 11) is 0. The van der Waals surface area contributed by atoms with E-state index >= 15 is 0 Å². The summed E-state index contributed by atoms with van der Waals surface area (Å²) in [6.07, 6.45) is 65.0. The largest absolute Gasteiger partial charge is 0.462 e. The van der Waals surface area contributed by atoms with Crippen LogP contribution in [0.15, 0.2) is 109 Å². The molecule has 0 aliphatic carbocycles. The number of carbonyl (C=O) groups is 3. The van der Waals surface area contributed by atoms with E-state index in [2.05, 4.69) is 130 Å². The van der Waals surface area contributed by atoms with Crippen LogP contribution >= 0.6 is 0 Å². The van der Waals surface area contributed by atoms with Crippen molar-refractivity contribution in [3.05, 3.63) is 109 Å². The fourth-order valence-electron chi connectivity index (χ4n) is 6.13. The molecule has 0 aromatic carbocycles. The molecule has 0 aromatic heterocycles. The first-order valence-corrected chi connectivity index (χ1v) is 24.4. The molecule has 0 saturated heterocycles. The molecule has 6 nitrogen and oxygen atoms in total. The summed E-state index contributed by atoms with van der Waals surface area (Å²) >= 11 is 0. The second kappa shape index (κ2) is 48.7. The van der Waals surface area contributed by atoms with E-state index in [0.717, 1.165) is 128 Å². The van der Waals surface area contributed by atoms with Gasteiger partial charge in [0.05, 0.1) is 0 Å². The topological polar surface area (TPSA) is 78.9 Å². The summed E-state index contributed by atoms with van der Waals surface area (Å²) in [6, 6.07) is 0. The first kappa shape index (κ1) is 57.1. The van der Waals surface area contributed by atoms with Crippen LogP contribution in [0.1, 0.15) is 201 Å². The van der Waals surface area contributed by atoms with Crippen molar-refractivity contribution in [1.82, 2.24) is 0 Å². The molecular weight excluding hydrogens is 757 g/mol. The van der Waals surface area contributed by atoms with Crippen LogP contribution in [0.2, 0.25) is 0 Å². The minimum atomic E-state index is -0.818. The van der Waals surface area contributed by atoms with E-state index < -0.39 is 6.10 Å². The number of esters is 3. The maximum Gasteiger partial charge on any atom is 0.306 e. The van der Waals surface area contributed by atoms with Gasteiger partial charge in [-0.1, -0.05) is 175 Å². The summed E-state index contributed by atoms with van der Waals surface area (Å²) in [5.74, 6) is -1.02. The third-order valence-electron chi connectivity index (χ3n) is 9.74. The lowest BCUT2D eigenvalue weighted by Crippen LogP contribution is -2.30. The molecule has 1 atom stereocenters. The van der Waals surface area contributed by atoms with E-state index in [1.54, 1.807) is 0 Å².